The molecule has 0 unspecified atom stereocenters. The van der Waals surface area contributed by atoms with Crippen LogP contribution in [0.4, 0.5) is 0 Å². The minimum absolute atomic E-state index is 0.261. The number of pyridine rings is 1. The third-order valence-electron chi connectivity index (χ3n) is 4.62. The van der Waals surface area contributed by atoms with Gasteiger partial charge in [0.15, 0.2) is 0 Å². The van der Waals surface area contributed by atoms with E-state index in [1.807, 2.05) is 6.20 Å². The minimum atomic E-state index is 0.261. The van der Waals surface area contributed by atoms with Crippen LogP contribution >= 0.6 is 0 Å². The Morgan fingerprint density at radius 3 is 1.95 bits per heavy atom. The Morgan fingerprint density at radius 2 is 1.33 bits per heavy atom. The summed E-state index contributed by atoms with van der Waals surface area (Å²) >= 11 is 0. The molecule has 0 aliphatic heterocycles. The number of hydrogen-bond donors (Lipinski definition) is 0. The van der Waals surface area contributed by atoms with Gasteiger partial charge in [-0.05, 0) is 53.3 Å². The second-order valence-electron chi connectivity index (χ2n) is 5.75. The molecule has 0 atom stereocenters. The van der Waals surface area contributed by atoms with Crippen molar-refractivity contribution in [2.24, 2.45) is 0 Å². The van der Waals surface area contributed by atoms with Gasteiger partial charge in [0.25, 0.3) is 0 Å². The van der Waals surface area contributed by atoms with Crippen LogP contribution in [0.1, 0.15) is 33.9 Å². The van der Waals surface area contributed by atoms with Gasteiger partial charge in [-0.15, -0.1) is 0 Å². The third kappa shape index (κ3) is 1.74. The van der Waals surface area contributed by atoms with Gasteiger partial charge in [-0.2, -0.15) is 0 Å². The van der Waals surface area contributed by atoms with Crippen molar-refractivity contribution < 1.29 is 0 Å². The van der Waals surface area contributed by atoms with Gasteiger partial charge in [0.05, 0.1) is 11.6 Å². The van der Waals surface area contributed by atoms with Gasteiger partial charge < -0.3 is 0 Å². The van der Waals surface area contributed by atoms with Crippen molar-refractivity contribution in [2.45, 2.75) is 19.8 Å². The normalized spacial score (nSPS) is 13.0. The maximum absolute atomic E-state index is 4.72. The molecule has 1 heteroatoms. The highest BCUT2D eigenvalue weighted by atomic mass is 14.7. The van der Waals surface area contributed by atoms with Crippen LogP contribution in [0.3, 0.4) is 0 Å². The van der Waals surface area contributed by atoms with Crippen LogP contribution in [0.25, 0.3) is 11.1 Å². The Kier molecular flexibility index (Phi) is 2.68. The van der Waals surface area contributed by atoms with Crippen LogP contribution in [-0.4, -0.2) is 4.98 Å². The maximum Gasteiger partial charge on any atom is 0.0554 e. The average molecular weight is 271 g/mol. The molecule has 4 rings (SSSR count). The van der Waals surface area contributed by atoms with Gasteiger partial charge in [0.2, 0.25) is 0 Å². The predicted molar refractivity (Wildman–Crippen MR) is 86.5 cm³/mol. The number of aryl methyl sites for hydroxylation is 1. The lowest BCUT2D eigenvalue weighted by Crippen LogP contribution is -2.05. The lowest BCUT2D eigenvalue weighted by atomic mass is 9.89. The van der Waals surface area contributed by atoms with Crippen LogP contribution in [0.2, 0.25) is 0 Å². The Balaban J connectivity index is 2.03. The van der Waals surface area contributed by atoms with Crippen LogP contribution < -0.4 is 0 Å². The SMILES string of the molecule is Cc1ccnc(C2c3ccccc3-c3ccccc32)c1C. The molecule has 0 saturated carbocycles. The van der Waals surface area contributed by atoms with E-state index in [4.69, 9.17) is 4.98 Å². The zero-order chi connectivity index (χ0) is 14.4. The van der Waals surface area contributed by atoms with E-state index in [9.17, 15) is 0 Å². The summed E-state index contributed by atoms with van der Waals surface area (Å²) in [4.78, 5) is 4.72. The van der Waals surface area contributed by atoms with E-state index in [0.717, 1.165) is 0 Å². The topological polar surface area (TPSA) is 12.9 Å². The van der Waals surface area contributed by atoms with Gasteiger partial charge in [-0.1, -0.05) is 48.5 Å². The van der Waals surface area contributed by atoms with E-state index in [2.05, 4.69) is 68.4 Å². The standard InChI is InChI=1S/C20H17N/c1-13-11-12-21-20(14(13)2)19-17-9-5-3-7-15(17)16-8-4-6-10-18(16)19/h3-12,19H,1-2H3. The summed E-state index contributed by atoms with van der Waals surface area (Å²) in [5.41, 5.74) is 9.24. The molecule has 0 bridgehead atoms. The van der Waals surface area contributed by atoms with Crippen molar-refractivity contribution in [1.29, 1.82) is 0 Å². The van der Waals surface area contributed by atoms with Crippen LogP contribution in [0.5, 0.6) is 0 Å². The number of aromatic nitrogens is 1. The summed E-state index contributed by atoms with van der Waals surface area (Å²) in [5, 5.41) is 0. The maximum atomic E-state index is 4.72. The van der Waals surface area contributed by atoms with E-state index in [0.29, 0.717) is 0 Å². The van der Waals surface area contributed by atoms with E-state index in [1.54, 1.807) is 0 Å². The number of hydrogen-bond acceptors (Lipinski definition) is 1. The first-order chi connectivity index (χ1) is 10.3. The first kappa shape index (κ1) is 12.3. The highest BCUT2D eigenvalue weighted by molar-refractivity contribution is 5.80. The van der Waals surface area contributed by atoms with Gasteiger partial charge in [0, 0.05) is 6.20 Å². The molecule has 0 fully saturated rings. The zero-order valence-electron chi connectivity index (χ0n) is 12.3. The quantitative estimate of drug-likeness (QED) is 0.482. The molecule has 1 aliphatic carbocycles. The first-order valence-corrected chi connectivity index (χ1v) is 7.37. The first-order valence-electron chi connectivity index (χ1n) is 7.37. The molecule has 2 aromatic carbocycles. The minimum Gasteiger partial charge on any atom is -0.260 e. The number of rotatable bonds is 1. The van der Waals surface area contributed by atoms with Crippen molar-refractivity contribution >= 4 is 0 Å². The summed E-state index contributed by atoms with van der Waals surface area (Å²) in [7, 11) is 0. The van der Waals surface area contributed by atoms with Crippen molar-refractivity contribution in [1.82, 2.24) is 4.98 Å². The Bertz CT molecular complexity index is 787. The third-order valence-corrected chi connectivity index (χ3v) is 4.62. The fraction of sp³-hybridized carbons (Fsp3) is 0.150. The smallest absolute Gasteiger partial charge is 0.0554 e. The molecule has 1 nitrogen and oxygen atoms in total. The van der Waals surface area contributed by atoms with Crippen molar-refractivity contribution in [3.05, 3.63) is 88.7 Å². The summed E-state index contributed by atoms with van der Waals surface area (Å²) in [6.07, 6.45) is 1.93. The number of benzene rings is 2. The second-order valence-corrected chi connectivity index (χ2v) is 5.75. The molecule has 102 valence electrons. The van der Waals surface area contributed by atoms with Gasteiger partial charge in [0.1, 0.15) is 0 Å². The molecule has 1 heterocycles. The van der Waals surface area contributed by atoms with Gasteiger partial charge in [-0.25, -0.2) is 0 Å². The molecular formula is C20H17N. The summed E-state index contributed by atoms with van der Waals surface area (Å²) in [5.74, 6) is 0.261. The molecule has 21 heavy (non-hydrogen) atoms. The lowest BCUT2D eigenvalue weighted by molar-refractivity contribution is 0.920. The fourth-order valence-electron chi connectivity index (χ4n) is 3.39. The molecule has 1 aliphatic rings. The summed E-state index contributed by atoms with van der Waals surface area (Å²) in [6.45, 7) is 4.34. The molecule has 0 spiro atoms. The molecule has 1 aromatic heterocycles. The van der Waals surface area contributed by atoms with E-state index in [1.165, 1.54) is 39.1 Å². The van der Waals surface area contributed by atoms with Crippen LogP contribution in [0.15, 0.2) is 60.8 Å². The number of fused-ring (bicyclic) bond motifs is 3. The molecule has 0 amide bonds. The molecule has 0 N–H and O–H groups in total. The number of nitrogens with zero attached hydrogens (tertiary/aromatic N) is 1. The van der Waals surface area contributed by atoms with Gasteiger partial charge in [-0.3, -0.25) is 4.98 Å². The fourth-order valence-corrected chi connectivity index (χ4v) is 3.39. The molecule has 0 radical (unpaired) electrons. The highest BCUT2D eigenvalue weighted by Gasteiger charge is 2.31. The van der Waals surface area contributed by atoms with Crippen molar-refractivity contribution in [3.8, 4) is 11.1 Å². The van der Waals surface area contributed by atoms with Crippen LogP contribution in [-0.2, 0) is 0 Å². The monoisotopic (exact) mass is 271 g/mol. The summed E-state index contributed by atoms with van der Waals surface area (Å²) in [6, 6.07) is 19.5. The molecule has 3 aromatic rings. The Hall–Kier alpha value is -2.41. The lowest BCUT2D eigenvalue weighted by Gasteiger charge is -2.16. The molecule has 0 saturated heterocycles. The van der Waals surface area contributed by atoms with E-state index >= 15 is 0 Å². The van der Waals surface area contributed by atoms with Gasteiger partial charge >= 0.3 is 0 Å². The van der Waals surface area contributed by atoms with E-state index in [-0.39, 0.29) is 5.92 Å². The van der Waals surface area contributed by atoms with E-state index < -0.39 is 0 Å². The predicted octanol–water partition coefficient (Wildman–Crippen LogP) is 4.86. The Morgan fingerprint density at radius 1 is 0.762 bits per heavy atom. The average Bonchev–Trinajstić information content (AvgIpc) is 2.85. The Labute approximate surface area is 125 Å². The zero-order valence-corrected chi connectivity index (χ0v) is 12.3. The largest absolute Gasteiger partial charge is 0.260 e. The summed E-state index contributed by atoms with van der Waals surface area (Å²) < 4.78 is 0. The highest BCUT2D eigenvalue weighted by Crippen LogP contribution is 2.47. The van der Waals surface area contributed by atoms with Crippen LogP contribution in [0, 0.1) is 13.8 Å². The van der Waals surface area contributed by atoms with Crippen molar-refractivity contribution in [2.75, 3.05) is 0 Å². The second kappa shape index (κ2) is 4.56. The molecular weight excluding hydrogens is 254 g/mol. The van der Waals surface area contributed by atoms with Crippen molar-refractivity contribution in [3.63, 3.8) is 0 Å².